The van der Waals surface area contributed by atoms with E-state index in [1.807, 2.05) is 18.2 Å². The topological polar surface area (TPSA) is 75.6 Å². The van der Waals surface area contributed by atoms with Crippen LogP contribution in [0.2, 0.25) is 0 Å². The molecule has 1 fully saturated rings. The lowest BCUT2D eigenvalue weighted by molar-refractivity contribution is -0.149. The Kier molecular flexibility index (Phi) is 4.27. The van der Waals surface area contributed by atoms with Crippen LogP contribution in [0, 0.1) is 5.41 Å². The molecule has 1 aliphatic carbocycles. The summed E-state index contributed by atoms with van der Waals surface area (Å²) in [4.78, 5) is 23.2. The third kappa shape index (κ3) is 3.10. The summed E-state index contributed by atoms with van der Waals surface area (Å²) in [5.41, 5.74) is -0.873. The fraction of sp³-hybridized carbons (Fsp3) is 0.467. The molecule has 0 heterocycles. The van der Waals surface area contributed by atoms with E-state index in [9.17, 15) is 14.7 Å². The molecule has 1 amide bonds. The summed E-state index contributed by atoms with van der Waals surface area (Å²) in [6.07, 6.45) is 2.10. The van der Waals surface area contributed by atoms with Gasteiger partial charge in [-0.2, -0.15) is 0 Å². The number of nitrogens with one attached hydrogen (secondary N) is 1. The van der Waals surface area contributed by atoms with Crippen LogP contribution in [0.15, 0.2) is 30.3 Å². The average Bonchev–Trinajstić information content (AvgIpc) is 2.80. The molecule has 2 atom stereocenters. The maximum absolute atomic E-state index is 11.9. The van der Waals surface area contributed by atoms with Gasteiger partial charge < -0.3 is 15.2 Å². The van der Waals surface area contributed by atoms with Gasteiger partial charge in [-0.05, 0) is 31.9 Å². The first-order chi connectivity index (χ1) is 9.52. The molecule has 0 aliphatic heterocycles. The van der Waals surface area contributed by atoms with E-state index in [1.165, 1.54) is 0 Å². The smallest absolute Gasteiger partial charge is 0.311 e. The third-order valence-electron chi connectivity index (χ3n) is 3.89. The largest absolute Gasteiger partial charge is 0.484 e. The van der Waals surface area contributed by atoms with Gasteiger partial charge >= 0.3 is 5.97 Å². The zero-order chi connectivity index (χ0) is 14.6. The van der Waals surface area contributed by atoms with E-state index < -0.39 is 11.4 Å². The van der Waals surface area contributed by atoms with Gasteiger partial charge in [0.05, 0.1) is 5.41 Å². The molecule has 0 aromatic heterocycles. The fourth-order valence-electron chi connectivity index (χ4n) is 2.56. The molecule has 0 bridgehead atoms. The normalized spacial score (nSPS) is 25.1. The lowest BCUT2D eigenvalue weighted by Crippen LogP contribution is -2.48. The summed E-state index contributed by atoms with van der Waals surface area (Å²) in [5, 5.41) is 12.1. The molecule has 2 rings (SSSR count). The lowest BCUT2D eigenvalue weighted by Gasteiger charge is -2.27. The van der Waals surface area contributed by atoms with Crippen molar-refractivity contribution in [1.82, 2.24) is 5.32 Å². The zero-order valence-electron chi connectivity index (χ0n) is 11.5. The second-order valence-corrected chi connectivity index (χ2v) is 5.34. The van der Waals surface area contributed by atoms with Crippen molar-refractivity contribution in [3.05, 3.63) is 30.3 Å². The van der Waals surface area contributed by atoms with Crippen molar-refractivity contribution < 1.29 is 19.4 Å². The van der Waals surface area contributed by atoms with Crippen LogP contribution in [0.25, 0.3) is 0 Å². The number of ether oxygens (including phenoxy) is 1. The summed E-state index contributed by atoms with van der Waals surface area (Å²) >= 11 is 0. The standard InChI is InChI=1S/C15H19NO4/c1-15(14(18)19)9-5-8-12(15)16-13(17)10-20-11-6-3-2-4-7-11/h2-4,6-7,12H,5,8-10H2,1H3,(H,16,17)(H,18,19). The highest BCUT2D eigenvalue weighted by molar-refractivity contribution is 5.81. The number of carbonyl (C=O) groups excluding carboxylic acids is 1. The SMILES string of the molecule is CC1(C(=O)O)CCCC1NC(=O)COc1ccccc1. The van der Waals surface area contributed by atoms with Crippen LogP contribution in [0.5, 0.6) is 5.75 Å². The van der Waals surface area contributed by atoms with Crippen molar-refractivity contribution in [2.24, 2.45) is 5.41 Å². The molecule has 1 saturated carbocycles. The maximum Gasteiger partial charge on any atom is 0.311 e. The minimum absolute atomic E-state index is 0.101. The summed E-state index contributed by atoms with van der Waals surface area (Å²) in [6, 6.07) is 8.72. The number of carbonyl (C=O) groups is 2. The number of aliphatic carboxylic acids is 1. The number of amides is 1. The minimum Gasteiger partial charge on any atom is -0.484 e. The van der Waals surface area contributed by atoms with Crippen molar-refractivity contribution in [1.29, 1.82) is 0 Å². The second kappa shape index (κ2) is 5.94. The van der Waals surface area contributed by atoms with Crippen molar-refractivity contribution in [2.75, 3.05) is 6.61 Å². The first kappa shape index (κ1) is 14.4. The van der Waals surface area contributed by atoms with Gasteiger partial charge in [0.1, 0.15) is 5.75 Å². The third-order valence-corrected chi connectivity index (χ3v) is 3.89. The van der Waals surface area contributed by atoms with Gasteiger partial charge in [0.15, 0.2) is 6.61 Å². The van der Waals surface area contributed by atoms with Crippen molar-refractivity contribution >= 4 is 11.9 Å². The molecule has 108 valence electrons. The Balaban J connectivity index is 1.87. The number of benzene rings is 1. The number of para-hydroxylation sites is 1. The Morgan fingerprint density at radius 1 is 1.40 bits per heavy atom. The molecule has 20 heavy (non-hydrogen) atoms. The highest BCUT2D eigenvalue weighted by atomic mass is 16.5. The van der Waals surface area contributed by atoms with Crippen LogP contribution in [0.4, 0.5) is 0 Å². The predicted molar refractivity (Wildman–Crippen MR) is 73.5 cm³/mol. The van der Waals surface area contributed by atoms with Crippen LogP contribution in [0.1, 0.15) is 26.2 Å². The van der Waals surface area contributed by atoms with Gasteiger partial charge in [0.2, 0.25) is 0 Å². The van der Waals surface area contributed by atoms with E-state index in [-0.39, 0.29) is 18.6 Å². The Bertz CT molecular complexity index is 488. The maximum atomic E-state index is 11.9. The Morgan fingerprint density at radius 3 is 2.75 bits per heavy atom. The monoisotopic (exact) mass is 277 g/mol. The highest BCUT2D eigenvalue weighted by Crippen LogP contribution is 2.38. The van der Waals surface area contributed by atoms with Crippen LogP contribution in [0.3, 0.4) is 0 Å². The molecular weight excluding hydrogens is 258 g/mol. The van der Waals surface area contributed by atoms with Gasteiger partial charge in [-0.25, -0.2) is 0 Å². The molecule has 5 heteroatoms. The summed E-state index contributed by atoms with van der Waals surface area (Å²) in [6.45, 7) is 1.58. The molecule has 0 spiro atoms. The number of rotatable bonds is 5. The van der Waals surface area contributed by atoms with Crippen LogP contribution < -0.4 is 10.1 Å². The molecule has 1 aromatic carbocycles. The van der Waals surface area contributed by atoms with Gasteiger partial charge in [-0.1, -0.05) is 24.6 Å². The Morgan fingerprint density at radius 2 is 2.10 bits per heavy atom. The molecule has 0 saturated heterocycles. The van der Waals surface area contributed by atoms with E-state index in [2.05, 4.69) is 5.32 Å². The van der Waals surface area contributed by atoms with Gasteiger partial charge in [0.25, 0.3) is 5.91 Å². The summed E-state index contributed by atoms with van der Waals surface area (Å²) < 4.78 is 5.35. The molecule has 1 aliphatic rings. The van der Waals surface area contributed by atoms with E-state index in [0.29, 0.717) is 18.6 Å². The molecular formula is C15H19NO4. The van der Waals surface area contributed by atoms with Crippen LogP contribution >= 0.6 is 0 Å². The van der Waals surface area contributed by atoms with Crippen molar-refractivity contribution in [3.63, 3.8) is 0 Å². The van der Waals surface area contributed by atoms with E-state index in [4.69, 9.17) is 4.74 Å². The zero-order valence-corrected chi connectivity index (χ0v) is 11.5. The molecule has 1 aromatic rings. The van der Waals surface area contributed by atoms with Crippen LogP contribution in [-0.2, 0) is 9.59 Å². The van der Waals surface area contributed by atoms with E-state index in [0.717, 1.165) is 6.42 Å². The number of carboxylic acids is 1. The quantitative estimate of drug-likeness (QED) is 0.861. The summed E-state index contributed by atoms with van der Waals surface area (Å²) in [5.74, 6) is -0.521. The molecule has 5 nitrogen and oxygen atoms in total. The predicted octanol–water partition coefficient (Wildman–Crippen LogP) is 1.82. The van der Waals surface area contributed by atoms with Crippen LogP contribution in [-0.4, -0.2) is 29.6 Å². The Hall–Kier alpha value is -2.04. The van der Waals surface area contributed by atoms with Crippen molar-refractivity contribution in [2.45, 2.75) is 32.2 Å². The number of carboxylic acid groups (broad SMARTS) is 1. The minimum atomic E-state index is -0.873. The second-order valence-electron chi connectivity index (χ2n) is 5.34. The number of hydrogen-bond donors (Lipinski definition) is 2. The number of hydrogen-bond acceptors (Lipinski definition) is 3. The Labute approximate surface area is 117 Å². The molecule has 2 N–H and O–H groups in total. The van der Waals surface area contributed by atoms with Gasteiger partial charge in [-0.3, -0.25) is 9.59 Å². The molecule has 2 unspecified atom stereocenters. The van der Waals surface area contributed by atoms with E-state index >= 15 is 0 Å². The summed E-state index contributed by atoms with van der Waals surface area (Å²) in [7, 11) is 0. The van der Waals surface area contributed by atoms with Crippen molar-refractivity contribution in [3.8, 4) is 5.75 Å². The fourth-order valence-corrected chi connectivity index (χ4v) is 2.56. The average molecular weight is 277 g/mol. The van der Waals surface area contributed by atoms with Gasteiger partial charge in [0, 0.05) is 6.04 Å². The van der Waals surface area contributed by atoms with Gasteiger partial charge in [-0.15, -0.1) is 0 Å². The first-order valence-corrected chi connectivity index (χ1v) is 6.73. The molecule has 0 radical (unpaired) electrons. The first-order valence-electron chi connectivity index (χ1n) is 6.73. The lowest BCUT2D eigenvalue weighted by atomic mass is 9.85. The highest BCUT2D eigenvalue weighted by Gasteiger charge is 2.45. The van der Waals surface area contributed by atoms with E-state index in [1.54, 1.807) is 19.1 Å².